The molecule has 0 unspecified atom stereocenters. The molecule has 200 valence electrons. The van der Waals surface area contributed by atoms with Crippen LogP contribution in [0.1, 0.15) is 20.7 Å². The van der Waals surface area contributed by atoms with Gasteiger partial charge in [-0.15, -0.1) is 0 Å². The number of halogens is 2. The summed E-state index contributed by atoms with van der Waals surface area (Å²) in [7, 11) is 2.47. The predicted molar refractivity (Wildman–Crippen MR) is 155 cm³/mol. The van der Waals surface area contributed by atoms with E-state index in [4.69, 9.17) is 30.5 Å². The Hall–Kier alpha value is -3.70. The summed E-state index contributed by atoms with van der Waals surface area (Å²) in [5.74, 6) is -1.54. The van der Waals surface area contributed by atoms with E-state index < -0.39 is 23.8 Å². The van der Waals surface area contributed by atoms with Crippen molar-refractivity contribution in [1.82, 2.24) is 0 Å². The summed E-state index contributed by atoms with van der Waals surface area (Å²) in [6.45, 7) is -0.863. The lowest BCUT2D eigenvalue weighted by Gasteiger charge is -2.22. The number of hydrogen-bond acceptors (Lipinski definition) is 8. The number of benzene rings is 4. The molecule has 0 aliphatic rings. The summed E-state index contributed by atoms with van der Waals surface area (Å²) < 4.78 is 22.2. The minimum atomic E-state index is -0.790. The van der Waals surface area contributed by atoms with Crippen molar-refractivity contribution in [2.75, 3.05) is 31.9 Å². The Kier molecular flexibility index (Phi) is 9.03. The average Bonchev–Trinajstić information content (AvgIpc) is 2.96. The van der Waals surface area contributed by atoms with Crippen molar-refractivity contribution in [1.29, 1.82) is 0 Å². The fourth-order valence-corrected chi connectivity index (χ4v) is 4.57. The molecule has 10 heteroatoms. The molecule has 0 aliphatic heterocycles. The molecule has 0 saturated heterocycles. The molecule has 0 radical (unpaired) electrons. The SMILES string of the molecule is COC(=O)c1cc2ccccc2c(-c2c(OCC(=O)CI)c(C(=O)OC)cc3ccccc23)c1OCC(=O)Cl. The van der Waals surface area contributed by atoms with E-state index in [1.165, 1.54) is 14.2 Å². The normalized spacial score (nSPS) is 10.8. The Bertz CT molecular complexity index is 1610. The number of carbonyl (C=O) groups excluding carboxylic acids is 4. The van der Waals surface area contributed by atoms with Gasteiger partial charge in [-0.3, -0.25) is 9.59 Å². The molecule has 0 aromatic heterocycles. The summed E-state index contributed by atoms with van der Waals surface area (Å²) in [4.78, 5) is 50.0. The summed E-state index contributed by atoms with van der Waals surface area (Å²) in [5.41, 5.74) is 0.823. The van der Waals surface area contributed by atoms with Crippen LogP contribution in [-0.4, -0.2) is 54.8 Å². The first-order valence-corrected chi connectivity index (χ1v) is 13.5. The number of carbonyl (C=O) groups is 4. The zero-order chi connectivity index (χ0) is 28.1. The Balaban J connectivity index is 2.23. The molecule has 0 aliphatic carbocycles. The molecule has 0 fully saturated rings. The lowest BCUT2D eigenvalue weighted by Crippen LogP contribution is -2.16. The van der Waals surface area contributed by atoms with Crippen LogP contribution in [0.4, 0.5) is 0 Å². The third-order valence-electron chi connectivity index (χ3n) is 5.92. The van der Waals surface area contributed by atoms with Gasteiger partial charge >= 0.3 is 11.9 Å². The fraction of sp³-hybridized carbons (Fsp3) is 0.172. The van der Waals surface area contributed by atoms with Crippen LogP contribution in [0.5, 0.6) is 11.5 Å². The van der Waals surface area contributed by atoms with Gasteiger partial charge in [0.2, 0.25) is 0 Å². The van der Waals surface area contributed by atoms with Crippen LogP contribution < -0.4 is 9.47 Å². The molecule has 0 atom stereocenters. The van der Waals surface area contributed by atoms with Gasteiger partial charge < -0.3 is 18.9 Å². The standard InChI is InChI=1S/C29H22ClIO8/c1-36-28(34)21-11-16-7-3-5-9-19(16)24(26(21)38-14-18(32)13-31)25-20-10-6-4-8-17(20)12-22(29(35)37-2)27(25)39-15-23(30)33/h3-12H,13-15H2,1-2H3. The van der Waals surface area contributed by atoms with E-state index in [9.17, 15) is 19.2 Å². The van der Waals surface area contributed by atoms with Gasteiger partial charge in [-0.05, 0) is 45.3 Å². The van der Waals surface area contributed by atoms with Crippen LogP contribution in [0.2, 0.25) is 0 Å². The van der Waals surface area contributed by atoms with E-state index >= 15 is 0 Å². The minimum absolute atomic E-state index is 0.00628. The lowest BCUT2D eigenvalue weighted by molar-refractivity contribution is -0.118. The average molecular weight is 661 g/mol. The number of hydrogen-bond donors (Lipinski definition) is 0. The zero-order valence-electron chi connectivity index (χ0n) is 20.9. The molecule has 0 bridgehead atoms. The Morgan fingerprint density at radius 1 is 0.718 bits per heavy atom. The smallest absolute Gasteiger partial charge is 0.341 e. The highest BCUT2D eigenvalue weighted by atomic mass is 127. The fourth-order valence-electron chi connectivity index (χ4n) is 4.30. The summed E-state index contributed by atoms with van der Waals surface area (Å²) in [6.07, 6.45) is 0. The van der Waals surface area contributed by atoms with Gasteiger partial charge in [-0.1, -0.05) is 71.1 Å². The number of Topliss-reactive ketones (excluding diaryl/α,β-unsaturated/α-hetero) is 1. The molecule has 0 spiro atoms. The van der Waals surface area contributed by atoms with Crippen LogP contribution in [0, 0.1) is 0 Å². The molecule has 0 amide bonds. The maximum Gasteiger partial charge on any atom is 0.341 e. The van der Waals surface area contributed by atoms with Gasteiger partial charge in [0.05, 0.1) is 18.6 Å². The van der Waals surface area contributed by atoms with Crippen LogP contribution in [-0.2, 0) is 19.1 Å². The quantitative estimate of drug-likeness (QED) is 0.0916. The van der Waals surface area contributed by atoms with Gasteiger partial charge in [0.1, 0.15) is 29.2 Å². The highest BCUT2D eigenvalue weighted by Crippen LogP contribution is 2.48. The van der Waals surface area contributed by atoms with E-state index in [1.54, 1.807) is 54.6 Å². The predicted octanol–water partition coefficient (Wildman–Crippen LogP) is 5.76. The molecule has 4 rings (SSSR count). The number of ketones is 1. The van der Waals surface area contributed by atoms with Gasteiger partial charge in [0, 0.05) is 11.1 Å². The van der Waals surface area contributed by atoms with Crippen molar-refractivity contribution in [2.24, 2.45) is 0 Å². The first-order chi connectivity index (χ1) is 18.8. The number of fused-ring (bicyclic) bond motifs is 2. The maximum absolute atomic E-state index is 13.0. The lowest BCUT2D eigenvalue weighted by atomic mass is 9.88. The molecule has 4 aromatic carbocycles. The van der Waals surface area contributed by atoms with Crippen molar-refractivity contribution in [3.8, 4) is 22.6 Å². The van der Waals surface area contributed by atoms with Crippen molar-refractivity contribution < 1.29 is 38.1 Å². The van der Waals surface area contributed by atoms with Crippen molar-refractivity contribution in [2.45, 2.75) is 0 Å². The van der Waals surface area contributed by atoms with Crippen LogP contribution in [0.15, 0.2) is 60.7 Å². The van der Waals surface area contributed by atoms with Gasteiger partial charge in [-0.25, -0.2) is 9.59 Å². The Morgan fingerprint density at radius 2 is 1.15 bits per heavy atom. The molecule has 0 saturated carbocycles. The number of esters is 2. The van der Waals surface area contributed by atoms with Gasteiger partial charge in [-0.2, -0.15) is 0 Å². The topological polar surface area (TPSA) is 105 Å². The molecular weight excluding hydrogens is 639 g/mol. The summed E-state index contributed by atoms with van der Waals surface area (Å²) in [6, 6.07) is 17.6. The monoisotopic (exact) mass is 660 g/mol. The number of ether oxygens (including phenoxy) is 4. The second kappa shape index (κ2) is 12.4. The van der Waals surface area contributed by atoms with Gasteiger partial charge in [0.15, 0.2) is 12.4 Å². The molecule has 8 nitrogen and oxygen atoms in total. The third-order valence-corrected chi connectivity index (χ3v) is 6.88. The molecule has 0 N–H and O–H groups in total. The van der Waals surface area contributed by atoms with Crippen LogP contribution in [0.25, 0.3) is 32.7 Å². The van der Waals surface area contributed by atoms with Crippen LogP contribution >= 0.6 is 34.2 Å². The maximum atomic E-state index is 13.0. The number of methoxy groups -OCH3 is 2. The van der Waals surface area contributed by atoms with E-state index in [1.807, 2.05) is 28.7 Å². The highest BCUT2D eigenvalue weighted by molar-refractivity contribution is 14.1. The Morgan fingerprint density at radius 3 is 1.56 bits per heavy atom. The largest absolute Gasteiger partial charge is 0.484 e. The van der Waals surface area contributed by atoms with E-state index in [-0.39, 0.29) is 39.4 Å². The molecule has 0 heterocycles. The van der Waals surface area contributed by atoms with Crippen molar-refractivity contribution in [3.63, 3.8) is 0 Å². The van der Waals surface area contributed by atoms with Crippen molar-refractivity contribution in [3.05, 3.63) is 71.8 Å². The van der Waals surface area contributed by atoms with Crippen molar-refractivity contribution >= 4 is 78.7 Å². The summed E-state index contributed by atoms with van der Waals surface area (Å²) in [5, 5.41) is 1.78. The number of rotatable bonds is 10. The summed E-state index contributed by atoms with van der Waals surface area (Å²) >= 11 is 7.55. The third kappa shape index (κ3) is 5.84. The number of alkyl halides is 1. The first kappa shape index (κ1) is 28.3. The molecule has 39 heavy (non-hydrogen) atoms. The molecule has 4 aromatic rings. The second-order valence-electron chi connectivity index (χ2n) is 8.29. The van der Waals surface area contributed by atoms with Crippen LogP contribution in [0.3, 0.4) is 0 Å². The minimum Gasteiger partial charge on any atom is -0.484 e. The Labute approximate surface area is 242 Å². The zero-order valence-corrected chi connectivity index (χ0v) is 23.8. The van der Waals surface area contributed by atoms with E-state index in [0.29, 0.717) is 32.7 Å². The van der Waals surface area contributed by atoms with Gasteiger partial charge in [0.25, 0.3) is 5.24 Å². The first-order valence-electron chi connectivity index (χ1n) is 11.6. The molecular formula is C29H22ClIO8. The second-order valence-corrected chi connectivity index (χ2v) is 9.47. The highest BCUT2D eigenvalue weighted by Gasteiger charge is 2.29. The van der Waals surface area contributed by atoms with E-state index in [2.05, 4.69) is 0 Å². The van der Waals surface area contributed by atoms with E-state index in [0.717, 1.165) is 0 Å².